The Balaban J connectivity index is 1.42. The van der Waals surface area contributed by atoms with Crippen molar-refractivity contribution < 1.29 is 9.18 Å². The summed E-state index contributed by atoms with van der Waals surface area (Å²) in [4.78, 5) is 25.8. The molecule has 0 unspecified atom stereocenters. The van der Waals surface area contributed by atoms with E-state index in [2.05, 4.69) is 25.9 Å². The predicted octanol–water partition coefficient (Wildman–Crippen LogP) is 5.21. The highest BCUT2D eigenvalue weighted by atomic mass is 19.1. The van der Waals surface area contributed by atoms with Gasteiger partial charge in [-0.2, -0.15) is 0 Å². The number of aryl methyl sites for hydroxylation is 1. The zero-order valence-electron chi connectivity index (χ0n) is 18.7. The Kier molecular flexibility index (Phi) is 5.68. The maximum Gasteiger partial charge on any atom is 0.323 e. The highest BCUT2D eigenvalue weighted by Crippen LogP contribution is 2.31. The van der Waals surface area contributed by atoms with E-state index >= 15 is 0 Å². The van der Waals surface area contributed by atoms with Crippen LogP contribution in [0.4, 0.5) is 37.9 Å². The number of urea groups is 1. The number of hydrogen-bond donors (Lipinski definition) is 4. The molecule has 5 N–H and O–H groups in total. The second kappa shape index (κ2) is 9.10. The zero-order chi connectivity index (χ0) is 24.4. The van der Waals surface area contributed by atoms with Gasteiger partial charge in [-0.15, -0.1) is 0 Å². The number of rotatable bonds is 5. The maximum absolute atomic E-state index is 13.1. The van der Waals surface area contributed by atoms with Crippen molar-refractivity contribution >= 4 is 40.4 Å². The maximum atomic E-state index is 13.1. The summed E-state index contributed by atoms with van der Waals surface area (Å²) in [6.07, 6.45) is 1.90. The van der Waals surface area contributed by atoms with Crippen molar-refractivity contribution in [1.82, 2.24) is 19.4 Å². The van der Waals surface area contributed by atoms with Crippen LogP contribution in [-0.2, 0) is 0 Å². The number of nitrogens with zero attached hydrogens (tertiary/aromatic N) is 4. The van der Waals surface area contributed by atoms with Crippen molar-refractivity contribution in [2.45, 2.75) is 6.92 Å². The zero-order valence-corrected chi connectivity index (χ0v) is 18.7. The molecular formula is C25H21FN8O. The minimum Gasteiger partial charge on any atom is -0.384 e. The second-order valence-corrected chi connectivity index (χ2v) is 7.75. The van der Waals surface area contributed by atoms with Gasteiger partial charge in [-0.25, -0.2) is 24.1 Å². The second-order valence-electron chi connectivity index (χ2n) is 7.75. The molecule has 2 amide bonds. The molecule has 0 radical (unpaired) electrons. The lowest BCUT2D eigenvalue weighted by Gasteiger charge is -2.11. The first-order valence-electron chi connectivity index (χ1n) is 10.7. The number of halogens is 1. The number of hydrogen-bond acceptors (Lipinski definition) is 6. The van der Waals surface area contributed by atoms with Crippen LogP contribution in [0, 0.1) is 12.7 Å². The smallest absolute Gasteiger partial charge is 0.323 e. The highest BCUT2D eigenvalue weighted by Gasteiger charge is 2.17. The van der Waals surface area contributed by atoms with Crippen molar-refractivity contribution in [3.63, 3.8) is 0 Å². The van der Waals surface area contributed by atoms with E-state index in [-0.39, 0.29) is 5.82 Å². The predicted molar refractivity (Wildman–Crippen MR) is 134 cm³/mol. The minimum absolute atomic E-state index is 0.364. The van der Waals surface area contributed by atoms with Crippen LogP contribution in [0.2, 0.25) is 0 Å². The van der Waals surface area contributed by atoms with Gasteiger partial charge in [-0.3, -0.25) is 4.40 Å². The fourth-order valence-electron chi connectivity index (χ4n) is 3.68. The largest absolute Gasteiger partial charge is 0.384 e. The Hall–Kier alpha value is -4.99. The third-order valence-electron chi connectivity index (χ3n) is 5.12. The minimum atomic E-state index is -0.450. The van der Waals surface area contributed by atoms with E-state index in [1.54, 1.807) is 31.2 Å². The van der Waals surface area contributed by atoms with E-state index in [4.69, 9.17) is 10.7 Å². The van der Waals surface area contributed by atoms with Crippen molar-refractivity contribution in [2.24, 2.45) is 0 Å². The van der Waals surface area contributed by atoms with E-state index in [0.717, 1.165) is 11.3 Å². The molecule has 0 aliphatic rings. The molecular weight excluding hydrogens is 447 g/mol. The van der Waals surface area contributed by atoms with Gasteiger partial charge in [-0.1, -0.05) is 12.1 Å². The number of anilines is 5. The molecule has 0 saturated carbocycles. The number of nitrogens with one attached hydrogen (secondary N) is 3. The number of pyridine rings is 1. The van der Waals surface area contributed by atoms with Gasteiger partial charge in [0.25, 0.3) is 0 Å². The van der Waals surface area contributed by atoms with Crippen LogP contribution in [0.25, 0.3) is 17.0 Å². The van der Waals surface area contributed by atoms with E-state index in [9.17, 15) is 9.18 Å². The number of benzene rings is 2. The average Bonchev–Trinajstić information content (AvgIpc) is 3.18. The van der Waals surface area contributed by atoms with Crippen LogP contribution in [-0.4, -0.2) is 25.4 Å². The molecule has 3 aromatic heterocycles. The molecule has 35 heavy (non-hydrogen) atoms. The Morgan fingerprint density at radius 1 is 0.886 bits per heavy atom. The van der Waals surface area contributed by atoms with Gasteiger partial charge in [0.05, 0.1) is 5.69 Å². The topological polar surface area (TPSA) is 122 Å². The van der Waals surface area contributed by atoms with Crippen molar-refractivity contribution in [3.05, 3.63) is 90.6 Å². The van der Waals surface area contributed by atoms with Crippen LogP contribution in [0.1, 0.15) is 5.82 Å². The van der Waals surface area contributed by atoms with E-state index in [1.807, 2.05) is 34.9 Å². The van der Waals surface area contributed by atoms with Crippen LogP contribution < -0.4 is 21.7 Å². The van der Waals surface area contributed by atoms with Crippen molar-refractivity contribution in [2.75, 3.05) is 21.7 Å². The first-order chi connectivity index (χ1) is 16.9. The molecule has 0 aliphatic heterocycles. The molecule has 0 aliphatic carbocycles. The fourth-order valence-corrected chi connectivity index (χ4v) is 3.68. The summed E-state index contributed by atoms with van der Waals surface area (Å²) in [5.41, 5.74) is 9.80. The van der Waals surface area contributed by atoms with Crippen molar-refractivity contribution in [1.29, 1.82) is 0 Å². The van der Waals surface area contributed by atoms with E-state index in [1.165, 1.54) is 24.3 Å². The molecule has 0 bridgehead atoms. The molecule has 174 valence electrons. The molecule has 3 heterocycles. The van der Waals surface area contributed by atoms with Crippen LogP contribution in [0.3, 0.4) is 0 Å². The number of amides is 2. The van der Waals surface area contributed by atoms with Gasteiger partial charge in [0.15, 0.2) is 5.82 Å². The number of imidazole rings is 1. The fraction of sp³-hybridized carbons (Fsp3) is 0.0400. The number of carbonyl (C=O) groups is 1. The Morgan fingerprint density at radius 2 is 1.66 bits per heavy atom. The summed E-state index contributed by atoms with van der Waals surface area (Å²) in [5, 5.41) is 8.76. The van der Waals surface area contributed by atoms with Crippen LogP contribution in [0.5, 0.6) is 0 Å². The molecule has 0 atom stereocenters. The van der Waals surface area contributed by atoms with E-state index < -0.39 is 6.03 Å². The third kappa shape index (κ3) is 4.86. The highest BCUT2D eigenvalue weighted by molar-refractivity contribution is 6.00. The van der Waals surface area contributed by atoms with Gasteiger partial charge in [0.1, 0.15) is 28.8 Å². The summed E-state index contributed by atoms with van der Waals surface area (Å²) in [6.45, 7) is 1.78. The number of nitrogen functional groups attached to an aromatic ring is 1. The number of aromatic nitrogens is 4. The van der Waals surface area contributed by atoms with Crippen LogP contribution in [0.15, 0.2) is 79.0 Å². The molecule has 10 heteroatoms. The lowest BCUT2D eigenvalue weighted by atomic mass is 10.2. The molecule has 5 aromatic rings. The summed E-state index contributed by atoms with van der Waals surface area (Å²) in [6, 6.07) is 19.7. The Bertz CT molecular complexity index is 1510. The van der Waals surface area contributed by atoms with Gasteiger partial charge in [0.2, 0.25) is 0 Å². The lowest BCUT2D eigenvalue weighted by molar-refractivity contribution is 0.262. The standard InChI is InChI=1S/C25H21FN8O/c1-15-28-20(14-21(27)29-15)23-24(33-22-7-2-3-12-34(22)23)30-18-5-4-6-19(13-18)32-25(35)31-17-10-8-16(26)9-11-17/h2-14,30H,1H3,(H2,27,28,29)(H2,31,32,35). The average molecular weight is 468 g/mol. The quantitative estimate of drug-likeness (QED) is 0.281. The SMILES string of the molecule is Cc1nc(N)cc(-c2c(Nc3cccc(NC(=O)Nc4ccc(F)cc4)c3)nc3ccccn23)n1. The van der Waals surface area contributed by atoms with Gasteiger partial charge < -0.3 is 21.7 Å². The monoisotopic (exact) mass is 468 g/mol. The summed E-state index contributed by atoms with van der Waals surface area (Å²) in [5.74, 6) is 1.11. The van der Waals surface area contributed by atoms with E-state index in [0.29, 0.717) is 40.2 Å². The Morgan fingerprint density at radius 3 is 2.46 bits per heavy atom. The van der Waals surface area contributed by atoms with Crippen molar-refractivity contribution in [3.8, 4) is 11.4 Å². The number of carbonyl (C=O) groups excluding carboxylic acids is 1. The molecule has 0 saturated heterocycles. The first kappa shape index (κ1) is 21.8. The summed E-state index contributed by atoms with van der Waals surface area (Å²) >= 11 is 0. The normalized spacial score (nSPS) is 10.8. The molecule has 0 spiro atoms. The summed E-state index contributed by atoms with van der Waals surface area (Å²) in [7, 11) is 0. The number of fused-ring (bicyclic) bond motifs is 1. The Labute approximate surface area is 199 Å². The number of nitrogens with two attached hydrogens (primary N) is 1. The first-order valence-corrected chi connectivity index (χ1v) is 10.7. The van der Waals surface area contributed by atoms with Crippen LogP contribution >= 0.6 is 0 Å². The molecule has 2 aromatic carbocycles. The lowest BCUT2D eigenvalue weighted by Crippen LogP contribution is -2.19. The van der Waals surface area contributed by atoms with Gasteiger partial charge in [-0.05, 0) is 61.5 Å². The molecule has 0 fully saturated rings. The van der Waals surface area contributed by atoms with Gasteiger partial charge in [0, 0.05) is 29.3 Å². The summed E-state index contributed by atoms with van der Waals surface area (Å²) < 4.78 is 15.0. The third-order valence-corrected chi connectivity index (χ3v) is 5.12. The van der Waals surface area contributed by atoms with Gasteiger partial charge >= 0.3 is 6.03 Å². The molecule has 5 rings (SSSR count). The molecule has 9 nitrogen and oxygen atoms in total.